The van der Waals surface area contributed by atoms with Crippen molar-refractivity contribution in [1.82, 2.24) is 14.8 Å². The summed E-state index contributed by atoms with van der Waals surface area (Å²) in [5.74, 6) is 0.994. The summed E-state index contributed by atoms with van der Waals surface area (Å²) >= 11 is 8.13. The molecule has 1 atom stereocenters. The van der Waals surface area contributed by atoms with Gasteiger partial charge in [-0.05, 0) is 56.5 Å². The Morgan fingerprint density at radius 3 is 2.64 bits per heavy atom. The maximum Gasteiger partial charge on any atom is 0.186 e. The molecular weight excluding hydrogens is 352 g/mol. The summed E-state index contributed by atoms with van der Waals surface area (Å²) in [6.45, 7) is 7.41. The lowest BCUT2D eigenvalue weighted by atomic mass is 9.78. The summed E-state index contributed by atoms with van der Waals surface area (Å²) < 4.78 is 0. The van der Waals surface area contributed by atoms with Crippen molar-refractivity contribution in [2.45, 2.75) is 45.1 Å². The second kappa shape index (κ2) is 7.34. The quantitative estimate of drug-likeness (QED) is 0.768. The number of likely N-dealkylation sites (tertiary alicyclic amines) is 2. The molecule has 3 aliphatic rings. The third-order valence-electron chi connectivity index (χ3n) is 6.39. The summed E-state index contributed by atoms with van der Waals surface area (Å²) in [5, 5.41) is 1.71. The van der Waals surface area contributed by atoms with Crippen LogP contribution in [-0.4, -0.2) is 61.6 Å². The normalized spacial score (nSPS) is 28.6. The lowest BCUT2D eigenvalue weighted by molar-refractivity contribution is 0.0669. The van der Waals surface area contributed by atoms with Crippen LogP contribution in [0.3, 0.4) is 0 Å². The minimum atomic E-state index is 0.531. The van der Waals surface area contributed by atoms with E-state index < -0.39 is 0 Å². The minimum Gasteiger partial charge on any atom is -0.354 e. The number of hydrogen-bond acceptors (Lipinski definition) is 5. The molecular formula is C19H31ClN4S. The van der Waals surface area contributed by atoms with Gasteiger partial charge in [0.05, 0.1) is 4.88 Å². The number of piperidine rings is 1. The monoisotopic (exact) mass is 382 g/mol. The molecule has 1 aromatic rings. The fraction of sp³-hybridized carbons (Fsp3) is 0.842. The van der Waals surface area contributed by atoms with E-state index >= 15 is 0 Å². The lowest BCUT2D eigenvalue weighted by Gasteiger charge is -2.43. The Labute approximate surface area is 161 Å². The molecule has 2 saturated heterocycles. The van der Waals surface area contributed by atoms with Crippen molar-refractivity contribution in [3.8, 4) is 0 Å². The van der Waals surface area contributed by atoms with Crippen LogP contribution in [0.15, 0.2) is 0 Å². The third kappa shape index (κ3) is 4.00. The molecule has 4 rings (SSSR count). The summed E-state index contributed by atoms with van der Waals surface area (Å²) in [5.41, 5.74) is 0.531. The molecule has 1 saturated carbocycles. The lowest BCUT2D eigenvalue weighted by Crippen LogP contribution is -2.47. The molecule has 0 amide bonds. The topological polar surface area (TPSA) is 22.6 Å². The Kier molecular flexibility index (Phi) is 5.29. The van der Waals surface area contributed by atoms with Gasteiger partial charge in [-0.25, -0.2) is 4.98 Å². The molecule has 1 spiro atoms. The highest BCUT2D eigenvalue weighted by Gasteiger charge is 2.41. The first-order valence-corrected chi connectivity index (χ1v) is 11.0. The molecule has 0 aromatic carbocycles. The van der Waals surface area contributed by atoms with E-state index in [1.54, 1.807) is 11.3 Å². The van der Waals surface area contributed by atoms with Gasteiger partial charge in [0.2, 0.25) is 0 Å². The molecule has 0 bridgehead atoms. The second-order valence-electron chi connectivity index (χ2n) is 8.70. The average Bonchev–Trinajstić information content (AvgIpc) is 3.08. The van der Waals surface area contributed by atoms with E-state index in [1.807, 2.05) is 19.0 Å². The molecule has 2 aliphatic heterocycles. The first-order valence-electron chi connectivity index (χ1n) is 9.80. The molecule has 0 N–H and O–H groups in total. The van der Waals surface area contributed by atoms with Crippen molar-refractivity contribution in [3.05, 3.63) is 10.0 Å². The third-order valence-corrected chi connectivity index (χ3v) is 8.02. The first kappa shape index (κ1) is 18.0. The molecule has 1 aromatic heterocycles. The van der Waals surface area contributed by atoms with Crippen LogP contribution < -0.4 is 4.90 Å². The van der Waals surface area contributed by atoms with Crippen molar-refractivity contribution in [2.75, 3.05) is 51.7 Å². The van der Waals surface area contributed by atoms with Gasteiger partial charge in [-0.1, -0.05) is 29.4 Å². The predicted octanol–water partition coefficient (Wildman–Crippen LogP) is 3.95. The molecule has 3 fully saturated rings. The average molecular weight is 383 g/mol. The van der Waals surface area contributed by atoms with E-state index in [-0.39, 0.29) is 0 Å². The van der Waals surface area contributed by atoms with Crippen molar-refractivity contribution < 1.29 is 0 Å². The zero-order valence-electron chi connectivity index (χ0n) is 15.6. The highest BCUT2D eigenvalue weighted by Crippen LogP contribution is 2.41. The zero-order valence-corrected chi connectivity index (χ0v) is 17.2. The van der Waals surface area contributed by atoms with Gasteiger partial charge in [-0.3, -0.25) is 4.90 Å². The smallest absolute Gasteiger partial charge is 0.186 e. The van der Waals surface area contributed by atoms with Gasteiger partial charge in [0, 0.05) is 40.3 Å². The van der Waals surface area contributed by atoms with Gasteiger partial charge in [0.1, 0.15) is 5.15 Å². The minimum absolute atomic E-state index is 0.531. The predicted molar refractivity (Wildman–Crippen MR) is 107 cm³/mol. The Morgan fingerprint density at radius 1 is 1.16 bits per heavy atom. The number of nitrogens with zero attached hydrogens (tertiary/aromatic N) is 4. The Bertz CT molecular complexity index is 600. The van der Waals surface area contributed by atoms with E-state index in [9.17, 15) is 0 Å². The standard InChI is InChI=1S/C19H31ClN4S/c1-22(2)18-21-17(20)16(25-18)12-24-10-8-19(14-24)7-4-9-23(13-19)11-15-5-3-6-15/h15H,3-14H2,1-2H3. The fourth-order valence-corrected chi connectivity index (χ4v) is 6.04. The number of hydrogen-bond donors (Lipinski definition) is 0. The summed E-state index contributed by atoms with van der Waals surface area (Å²) in [7, 11) is 4.06. The fourth-order valence-electron chi connectivity index (χ4n) is 4.82. The number of thiazole rings is 1. The SMILES string of the molecule is CN(C)c1nc(Cl)c(CN2CCC3(CCCN(CC4CCC4)C3)C2)s1. The van der Waals surface area contributed by atoms with Gasteiger partial charge < -0.3 is 9.80 Å². The van der Waals surface area contributed by atoms with Crippen LogP contribution in [0.25, 0.3) is 0 Å². The van der Waals surface area contributed by atoms with E-state index in [4.69, 9.17) is 11.6 Å². The van der Waals surface area contributed by atoms with E-state index in [0.29, 0.717) is 10.6 Å². The van der Waals surface area contributed by atoms with Crippen molar-refractivity contribution >= 4 is 28.1 Å². The van der Waals surface area contributed by atoms with Gasteiger partial charge >= 0.3 is 0 Å². The van der Waals surface area contributed by atoms with Crippen molar-refractivity contribution in [1.29, 1.82) is 0 Å². The Hall–Kier alpha value is -0.360. The van der Waals surface area contributed by atoms with Crippen LogP contribution in [0.2, 0.25) is 5.15 Å². The summed E-state index contributed by atoms with van der Waals surface area (Å²) in [6, 6.07) is 0. The second-order valence-corrected chi connectivity index (χ2v) is 10.1. The first-order chi connectivity index (χ1) is 12.0. The van der Waals surface area contributed by atoms with Crippen LogP contribution >= 0.6 is 22.9 Å². The molecule has 25 heavy (non-hydrogen) atoms. The van der Waals surface area contributed by atoms with Crippen LogP contribution in [0.1, 0.15) is 43.4 Å². The maximum atomic E-state index is 6.39. The number of rotatable bonds is 5. The van der Waals surface area contributed by atoms with Crippen LogP contribution in [0.5, 0.6) is 0 Å². The molecule has 1 unspecified atom stereocenters. The van der Waals surface area contributed by atoms with Crippen molar-refractivity contribution in [3.63, 3.8) is 0 Å². The zero-order chi connectivity index (χ0) is 17.4. The molecule has 1 aliphatic carbocycles. The Morgan fingerprint density at radius 2 is 1.96 bits per heavy atom. The molecule has 3 heterocycles. The van der Waals surface area contributed by atoms with Gasteiger partial charge in [0.25, 0.3) is 0 Å². The van der Waals surface area contributed by atoms with Crippen LogP contribution in [0.4, 0.5) is 5.13 Å². The summed E-state index contributed by atoms with van der Waals surface area (Å²) in [4.78, 5) is 13.2. The summed E-state index contributed by atoms with van der Waals surface area (Å²) in [6.07, 6.45) is 8.53. The molecule has 0 radical (unpaired) electrons. The van der Waals surface area contributed by atoms with Crippen LogP contribution in [-0.2, 0) is 6.54 Å². The molecule has 6 heteroatoms. The Balaban J connectivity index is 1.35. The maximum absolute atomic E-state index is 6.39. The van der Waals surface area contributed by atoms with Gasteiger partial charge in [-0.2, -0.15) is 0 Å². The number of halogens is 1. The van der Waals surface area contributed by atoms with Gasteiger partial charge in [0.15, 0.2) is 5.13 Å². The number of anilines is 1. The van der Waals surface area contributed by atoms with E-state index in [2.05, 4.69) is 14.8 Å². The highest BCUT2D eigenvalue weighted by atomic mass is 35.5. The van der Waals surface area contributed by atoms with E-state index in [0.717, 1.165) is 17.6 Å². The van der Waals surface area contributed by atoms with Crippen molar-refractivity contribution in [2.24, 2.45) is 11.3 Å². The largest absolute Gasteiger partial charge is 0.354 e. The van der Waals surface area contributed by atoms with E-state index in [1.165, 1.54) is 76.1 Å². The number of aromatic nitrogens is 1. The van der Waals surface area contributed by atoms with Gasteiger partial charge in [-0.15, -0.1) is 0 Å². The van der Waals surface area contributed by atoms with Crippen LogP contribution in [0, 0.1) is 11.3 Å². The highest BCUT2D eigenvalue weighted by molar-refractivity contribution is 7.16. The molecule has 4 nitrogen and oxygen atoms in total. The molecule has 140 valence electrons.